The summed E-state index contributed by atoms with van der Waals surface area (Å²) in [4.78, 5) is 2.50. The van der Waals surface area contributed by atoms with Gasteiger partial charge in [-0.05, 0) is 42.8 Å². The normalized spacial score (nSPS) is 11.1. The van der Waals surface area contributed by atoms with E-state index in [-0.39, 0.29) is 0 Å². The molecule has 0 spiro atoms. The minimum Gasteiger partial charge on any atom is -0.487 e. The number of rotatable bonds is 7. The third-order valence-corrected chi connectivity index (χ3v) is 4.42. The molecule has 21 heavy (non-hydrogen) atoms. The highest BCUT2D eigenvalue weighted by Gasteiger charge is 2.05. The lowest BCUT2D eigenvalue weighted by atomic mass is 10.2. The molecule has 0 unspecified atom stereocenters. The van der Waals surface area contributed by atoms with E-state index in [1.807, 2.05) is 0 Å². The number of hydrogen-bond donors (Lipinski definition) is 1. The van der Waals surface area contributed by atoms with E-state index in [1.165, 1.54) is 9.75 Å². The van der Waals surface area contributed by atoms with Crippen LogP contribution in [0.4, 0.5) is 0 Å². The van der Waals surface area contributed by atoms with Gasteiger partial charge in [-0.1, -0.05) is 37.0 Å². The molecule has 0 saturated carbocycles. The summed E-state index contributed by atoms with van der Waals surface area (Å²) < 4.78 is 5.73. The minimum atomic E-state index is 0.524. The Balaban J connectivity index is 1.85. The second-order valence-electron chi connectivity index (χ2n) is 5.26. The van der Waals surface area contributed by atoms with Crippen LogP contribution in [0.2, 0.25) is 10.0 Å². The van der Waals surface area contributed by atoms with Gasteiger partial charge in [-0.15, -0.1) is 11.3 Å². The average Bonchev–Trinajstić information content (AvgIpc) is 2.85. The number of benzene rings is 1. The lowest BCUT2D eigenvalue weighted by molar-refractivity contribution is 0.310. The minimum absolute atomic E-state index is 0.524. The molecular weight excluding hydrogens is 325 g/mol. The first kappa shape index (κ1) is 16.6. The molecule has 0 aliphatic heterocycles. The molecule has 1 aromatic carbocycles. The van der Waals surface area contributed by atoms with Gasteiger partial charge in [-0.2, -0.15) is 0 Å². The number of thiophene rings is 1. The Hall–Kier alpha value is -0.740. The Morgan fingerprint density at radius 3 is 2.62 bits per heavy atom. The topological polar surface area (TPSA) is 21.3 Å². The van der Waals surface area contributed by atoms with Crippen LogP contribution in [0.1, 0.15) is 23.6 Å². The van der Waals surface area contributed by atoms with Crippen LogP contribution in [0.25, 0.3) is 0 Å². The number of hydrogen-bond acceptors (Lipinski definition) is 3. The lowest BCUT2D eigenvalue weighted by Gasteiger charge is -2.07. The van der Waals surface area contributed by atoms with Crippen LogP contribution in [0.15, 0.2) is 30.3 Å². The zero-order chi connectivity index (χ0) is 15.2. The van der Waals surface area contributed by atoms with Gasteiger partial charge in [0, 0.05) is 21.3 Å². The van der Waals surface area contributed by atoms with E-state index in [4.69, 9.17) is 27.9 Å². The van der Waals surface area contributed by atoms with Gasteiger partial charge in [0.1, 0.15) is 12.4 Å². The van der Waals surface area contributed by atoms with Crippen molar-refractivity contribution in [1.29, 1.82) is 0 Å². The van der Waals surface area contributed by atoms with E-state index in [9.17, 15) is 0 Å². The van der Waals surface area contributed by atoms with Crippen LogP contribution in [0, 0.1) is 5.92 Å². The number of ether oxygens (including phenoxy) is 1. The second kappa shape index (κ2) is 8.04. The molecule has 1 N–H and O–H groups in total. The van der Waals surface area contributed by atoms with Crippen molar-refractivity contribution in [3.05, 3.63) is 50.1 Å². The summed E-state index contributed by atoms with van der Waals surface area (Å²) >= 11 is 13.7. The Labute approximate surface area is 140 Å². The molecule has 2 aromatic rings. The fourth-order valence-electron chi connectivity index (χ4n) is 1.82. The predicted molar refractivity (Wildman–Crippen MR) is 91.7 cm³/mol. The van der Waals surface area contributed by atoms with Gasteiger partial charge in [0.15, 0.2) is 0 Å². The molecule has 0 amide bonds. The molecule has 0 aliphatic rings. The fourth-order valence-corrected chi connectivity index (χ4v) is 3.18. The molecule has 0 saturated heterocycles. The van der Waals surface area contributed by atoms with Gasteiger partial charge in [-0.25, -0.2) is 0 Å². The molecule has 0 atom stereocenters. The van der Waals surface area contributed by atoms with Crippen LogP contribution < -0.4 is 10.1 Å². The van der Waals surface area contributed by atoms with E-state index in [0.717, 1.165) is 13.1 Å². The van der Waals surface area contributed by atoms with Crippen LogP contribution in [-0.4, -0.2) is 6.54 Å². The first-order valence-electron chi connectivity index (χ1n) is 6.90. The van der Waals surface area contributed by atoms with E-state index in [0.29, 0.717) is 28.3 Å². The van der Waals surface area contributed by atoms with Crippen molar-refractivity contribution in [2.45, 2.75) is 27.0 Å². The van der Waals surface area contributed by atoms with Gasteiger partial charge in [0.25, 0.3) is 0 Å². The molecule has 1 aromatic heterocycles. The van der Waals surface area contributed by atoms with E-state index < -0.39 is 0 Å². The third kappa shape index (κ3) is 5.51. The quantitative estimate of drug-likeness (QED) is 0.728. The highest BCUT2D eigenvalue weighted by atomic mass is 35.5. The maximum atomic E-state index is 6.08. The molecule has 1 heterocycles. The van der Waals surface area contributed by atoms with Crippen LogP contribution >= 0.6 is 34.5 Å². The van der Waals surface area contributed by atoms with Crippen molar-refractivity contribution in [3.8, 4) is 5.75 Å². The number of nitrogens with one attached hydrogen (secondary N) is 1. The standard InChI is InChI=1S/C16H19Cl2NOS/c1-11(2)8-19-9-13-4-5-14(21-13)10-20-16-6-3-12(17)7-15(16)18/h3-7,11,19H,8-10H2,1-2H3. The summed E-state index contributed by atoms with van der Waals surface area (Å²) in [6, 6.07) is 9.50. The van der Waals surface area contributed by atoms with Gasteiger partial charge < -0.3 is 10.1 Å². The smallest absolute Gasteiger partial charge is 0.138 e. The highest BCUT2D eigenvalue weighted by molar-refractivity contribution is 7.11. The summed E-state index contributed by atoms with van der Waals surface area (Å²) in [5.74, 6) is 1.33. The summed E-state index contributed by atoms with van der Waals surface area (Å²) in [5, 5.41) is 4.59. The summed E-state index contributed by atoms with van der Waals surface area (Å²) in [5.41, 5.74) is 0. The van der Waals surface area contributed by atoms with Gasteiger partial charge in [0.2, 0.25) is 0 Å². The van der Waals surface area contributed by atoms with E-state index in [1.54, 1.807) is 29.5 Å². The molecule has 2 rings (SSSR count). The van der Waals surface area contributed by atoms with E-state index in [2.05, 4.69) is 31.3 Å². The fraction of sp³-hybridized carbons (Fsp3) is 0.375. The van der Waals surface area contributed by atoms with Crippen molar-refractivity contribution >= 4 is 34.5 Å². The van der Waals surface area contributed by atoms with Crippen molar-refractivity contribution < 1.29 is 4.74 Å². The largest absolute Gasteiger partial charge is 0.487 e. The highest BCUT2D eigenvalue weighted by Crippen LogP contribution is 2.28. The molecule has 0 radical (unpaired) electrons. The molecule has 2 nitrogen and oxygen atoms in total. The molecule has 0 aliphatic carbocycles. The van der Waals surface area contributed by atoms with Crippen LogP contribution in [0.3, 0.4) is 0 Å². The van der Waals surface area contributed by atoms with Gasteiger partial charge in [-0.3, -0.25) is 0 Å². The van der Waals surface area contributed by atoms with Crippen molar-refractivity contribution in [2.75, 3.05) is 6.54 Å². The molecular formula is C16H19Cl2NOS. The maximum Gasteiger partial charge on any atom is 0.138 e. The molecule has 0 bridgehead atoms. The van der Waals surface area contributed by atoms with Crippen LogP contribution in [-0.2, 0) is 13.2 Å². The third-order valence-electron chi connectivity index (χ3n) is 2.83. The molecule has 114 valence electrons. The van der Waals surface area contributed by atoms with Crippen molar-refractivity contribution in [2.24, 2.45) is 5.92 Å². The summed E-state index contributed by atoms with van der Waals surface area (Å²) in [7, 11) is 0. The second-order valence-corrected chi connectivity index (χ2v) is 7.35. The van der Waals surface area contributed by atoms with Gasteiger partial charge >= 0.3 is 0 Å². The average molecular weight is 344 g/mol. The monoisotopic (exact) mass is 343 g/mol. The maximum absolute atomic E-state index is 6.08. The molecule has 0 fully saturated rings. The Morgan fingerprint density at radius 2 is 1.90 bits per heavy atom. The van der Waals surface area contributed by atoms with Crippen molar-refractivity contribution in [1.82, 2.24) is 5.32 Å². The molecule has 5 heteroatoms. The predicted octanol–water partition coefficient (Wildman–Crippen LogP) is 5.38. The number of halogens is 2. The van der Waals surface area contributed by atoms with Gasteiger partial charge in [0.05, 0.1) is 5.02 Å². The first-order valence-corrected chi connectivity index (χ1v) is 8.48. The Kier molecular flexibility index (Phi) is 6.37. The summed E-state index contributed by atoms with van der Waals surface area (Å²) in [6.45, 7) is 6.87. The first-order chi connectivity index (χ1) is 10.0. The summed E-state index contributed by atoms with van der Waals surface area (Å²) in [6.07, 6.45) is 0. The zero-order valence-corrected chi connectivity index (χ0v) is 14.5. The van der Waals surface area contributed by atoms with Crippen LogP contribution in [0.5, 0.6) is 5.75 Å². The Bertz CT molecular complexity index is 583. The SMILES string of the molecule is CC(C)CNCc1ccc(COc2ccc(Cl)cc2Cl)s1. The lowest BCUT2D eigenvalue weighted by Crippen LogP contribution is -2.18. The Morgan fingerprint density at radius 1 is 1.14 bits per heavy atom. The zero-order valence-electron chi connectivity index (χ0n) is 12.2. The van der Waals surface area contributed by atoms with E-state index >= 15 is 0 Å². The van der Waals surface area contributed by atoms with Crippen molar-refractivity contribution in [3.63, 3.8) is 0 Å².